The molecule has 16 heteroatoms. The molecule has 0 aromatic carbocycles. The number of nitrogens with two attached hydrogens (primary N) is 2. The molecule has 0 spiro atoms. The molecule has 0 heterocycles. The number of amides is 4. The molecule has 0 saturated heterocycles. The fraction of sp³-hybridized carbons (Fsp3) is 0.769. The second-order valence-electron chi connectivity index (χ2n) is 9.59. The van der Waals surface area contributed by atoms with Gasteiger partial charge in [-0.05, 0) is 12.8 Å². The van der Waals surface area contributed by atoms with Crippen LogP contribution in [-0.4, -0.2) is 110 Å². The maximum Gasteiger partial charge on any atom is 0.309 e. The smallest absolute Gasteiger partial charge is 0.309 e. The molecular formula is C26H47N5O10S. The van der Waals surface area contributed by atoms with Crippen LogP contribution in [0, 0.1) is 11.8 Å². The van der Waals surface area contributed by atoms with E-state index in [9.17, 15) is 33.9 Å². The van der Waals surface area contributed by atoms with Gasteiger partial charge in [0.1, 0.15) is 18.8 Å². The first kappa shape index (κ1) is 39.0. The molecule has 5 atom stereocenters. The number of ether oxygens (including phenoxy) is 3. The number of hydrogen-bond acceptors (Lipinski definition) is 12. The summed E-state index contributed by atoms with van der Waals surface area (Å²) in [7, 11) is 0. The van der Waals surface area contributed by atoms with Gasteiger partial charge in [0.2, 0.25) is 23.6 Å². The van der Waals surface area contributed by atoms with Gasteiger partial charge in [0.15, 0.2) is 0 Å². The molecule has 42 heavy (non-hydrogen) atoms. The van der Waals surface area contributed by atoms with E-state index in [1.807, 2.05) is 13.8 Å². The Balaban J connectivity index is 4.59. The molecule has 15 nitrogen and oxygen atoms in total. The van der Waals surface area contributed by atoms with E-state index in [4.69, 9.17) is 25.7 Å². The highest BCUT2D eigenvalue weighted by Gasteiger charge is 2.25. The Morgan fingerprint density at radius 1 is 0.905 bits per heavy atom. The third-order valence-corrected chi connectivity index (χ3v) is 7.16. The summed E-state index contributed by atoms with van der Waals surface area (Å²) in [6, 6.07) is -2.30. The van der Waals surface area contributed by atoms with Crippen LogP contribution in [0.5, 0.6) is 0 Å². The van der Waals surface area contributed by atoms with Gasteiger partial charge in [0.25, 0.3) is 0 Å². The maximum absolute atomic E-state index is 12.5. The first-order chi connectivity index (χ1) is 19.9. The SMILES string of the molecule is CCC(C)C(=O)OCC(CSCC(N)C(=O)NC(CO)C(=O)NCCOCCC(=O)NCC(N)=O)OC(=O)C(C)CC. The molecule has 4 amide bonds. The van der Waals surface area contributed by atoms with Crippen molar-refractivity contribution in [1.29, 1.82) is 0 Å². The number of thioether (sulfide) groups is 1. The van der Waals surface area contributed by atoms with E-state index in [1.165, 1.54) is 11.8 Å². The quantitative estimate of drug-likeness (QED) is 0.0547. The lowest BCUT2D eigenvalue weighted by Gasteiger charge is -2.22. The standard InChI is InChI=1S/C26H47N5O10S/c1-5-16(3)25(37)40-13-18(41-26(38)17(4)6-2)14-42-15-19(27)23(35)31-20(12-32)24(36)29-8-10-39-9-7-22(34)30-11-21(28)33/h16-20,32H,5-15,27H2,1-4H3,(H2,28,33)(H,29,36)(H,30,34)(H,31,35). The molecule has 5 unspecified atom stereocenters. The topological polar surface area (TPSA) is 238 Å². The van der Waals surface area contributed by atoms with Crippen LogP contribution < -0.4 is 27.4 Å². The molecule has 8 N–H and O–H groups in total. The van der Waals surface area contributed by atoms with Crippen molar-refractivity contribution in [3.63, 3.8) is 0 Å². The molecule has 0 aliphatic carbocycles. The molecule has 0 saturated carbocycles. The van der Waals surface area contributed by atoms with Crippen molar-refractivity contribution >= 4 is 47.3 Å². The number of esters is 2. The number of aliphatic hydroxyl groups is 1. The number of carbonyl (C=O) groups excluding carboxylic acids is 6. The van der Waals surface area contributed by atoms with Crippen molar-refractivity contribution < 1.29 is 48.1 Å². The third kappa shape index (κ3) is 17.8. The monoisotopic (exact) mass is 621 g/mol. The van der Waals surface area contributed by atoms with Crippen molar-refractivity contribution in [3.8, 4) is 0 Å². The van der Waals surface area contributed by atoms with Crippen molar-refractivity contribution in [3.05, 3.63) is 0 Å². The largest absolute Gasteiger partial charge is 0.461 e. The highest BCUT2D eigenvalue weighted by Crippen LogP contribution is 2.13. The minimum atomic E-state index is -1.25. The second kappa shape index (κ2) is 22.6. The first-order valence-electron chi connectivity index (χ1n) is 13.9. The van der Waals surface area contributed by atoms with Gasteiger partial charge in [-0.1, -0.05) is 27.7 Å². The van der Waals surface area contributed by atoms with Gasteiger partial charge < -0.3 is 46.7 Å². The first-order valence-corrected chi connectivity index (χ1v) is 15.0. The molecule has 0 rings (SSSR count). The van der Waals surface area contributed by atoms with Gasteiger partial charge in [-0.25, -0.2) is 0 Å². The average Bonchev–Trinajstić information content (AvgIpc) is 2.97. The average molecular weight is 622 g/mol. The molecule has 0 bridgehead atoms. The minimum absolute atomic E-state index is 0.00327. The van der Waals surface area contributed by atoms with Gasteiger partial charge in [-0.15, -0.1) is 0 Å². The van der Waals surface area contributed by atoms with E-state index in [2.05, 4.69) is 16.0 Å². The summed E-state index contributed by atoms with van der Waals surface area (Å²) in [6.45, 7) is 6.27. The van der Waals surface area contributed by atoms with E-state index in [1.54, 1.807) is 13.8 Å². The van der Waals surface area contributed by atoms with Crippen LogP contribution in [0.25, 0.3) is 0 Å². The normalized spacial score (nSPS) is 14.4. The van der Waals surface area contributed by atoms with Crippen molar-refractivity contribution in [2.24, 2.45) is 23.3 Å². The molecule has 0 aliphatic heterocycles. The molecule has 0 aromatic rings. The van der Waals surface area contributed by atoms with Gasteiger partial charge in [0.05, 0.1) is 44.2 Å². The van der Waals surface area contributed by atoms with E-state index in [-0.39, 0.29) is 62.7 Å². The minimum Gasteiger partial charge on any atom is -0.461 e. The van der Waals surface area contributed by atoms with E-state index < -0.39 is 60.4 Å². The molecule has 0 radical (unpaired) electrons. The van der Waals surface area contributed by atoms with Gasteiger partial charge in [-0.2, -0.15) is 11.8 Å². The van der Waals surface area contributed by atoms with Gasteiger partial charge in [-0.3, -0.25) is 28.8 Å². The number of primary amides is 1. The van der Waals surface area contributed by atoms with Crippen LogP contribution in [0.4, 0.5) is 0 Å². The van der Waals surface area contributed by atoms with E-state index >= 15 is 0 Å². The molecule has 0 fully saturated rings. The number of carbonyl (C=O) groups is 6. The Morgan fingerprint density at radius 2 is 1.55 bits per heavy atom. The van der Waals surface area contributed by atoms with Crippen LogP contribution in [0.1, 0.15) is 47.0 Å². The van der Waals surface area contributed by atoms with Crippen molar-refractivity contribution in [2.75, 3.05) is 51.0 Å². The van der Waals surface area contributed by atoms with Crippen LogP contribution in [0.3, 0.4) is 0 Å². The Morgan fingerprint density at radius 3 is 2.14 bits per heavy atom. The number of rotatable bonds is 23. The Labute approximate surface area is 250 Å². The van der Waals surface area contributed by atoms with E-state index in [0.29, 0.717) is 12.8 Å². The predicted molar refractivity (Wildman–Crippen MR) is 155 cm³/mol. The number of aliphatic hydroxyl groups excluding tert-OH is 1. The zero-order valence-corrected chi connectivity index (χ0v) is 25.7. The lowest BCUT2D eigenvalue weighted by molar-refractivity contribution is -0.162. The zero-order valence-electron chi connectivity index (χ0n) is 24.8. The van der Waals surface area contributed by atoms with Gasteiger partial charge >= 0.3 is 11.9 Å². The Kier molecular flexibility index (Phi) is 21.0. The molecule has 0 aliphatic rings. The Hall–Kier alpha value is -2.95. The summed E-state index contributed by atoms with van der Waals surface area (Å²) in [5.74, 6) is -3.53. The molecular weight excluding hydrogens is 574 g/mol. The predicted octanol–water partition coefficient (Wildman–Crippen LogP) is -1.80. The zero-order chi connectivity index (χ0) is 32.1. The van der Waals surface area contributed by atoms with E-state index in [0.717, 1.165) is 0 Å². The lowest BCUT2D eigenvalue weighted by atomic mass is 10.1. The van der Waals surface area contributed by atoms with Crippen molar-refractivity contribution in [1.82, 2.24) is 16.0 Å². The van der Waals surface area contributed by atoms with Crippen LogP contribution in [0.15, 0.2) is 0 Å². The summed E-state index contributed by atoms with van der Waals surface area (Å²) in [6.07, 6.45) is 0.455. The van der Waals surface area contributed by atoms with Gasteiger partial charge in [0, 0.05) is 24.5 Å². The summed E-state index contributed by atoms with van der Waals surface area (Å²) < 4.78 is 16.0. The fourth-order valence-electron chi connectivity index (χ4n) is 2.83. The highest BCUT2D eigenvalue weighted by atomic mass is 32.2. The van der Waals surface area contributed by atoms with Crippen LogP contribution >= 0.6 is 11.8 Å². The number of nitrogens with one attached hydrogen (secondary N) is 3. The number of hydrogen-bond donors (Lipinski definition) is 6. The maximum atomic E-state index is 12.5. The van der Waals surface area contributed by atoms with Crippen LogP contribution in [0.2, 0.25) is 0 Å². The summed E-state index contributed by atoms with van der Waals surface area (Å²) in [4.78, 5) is 71.2. The highest BCUT2D eigenvalue weighted by molar-refractivity contribution is 7.99. The third-order valence-electron chi connectivity index (χ3n) is 5.96. The second-order valence-corrected chi connectivity index (χ2v) is 10.7. The summed E-state index contributed by atoms with van der Waals surface area (Å²) in [5.41, 5.74) is 10.9. The molecule has 242 valence electrons. The lowest BCUT2D eigenvalue weighted by Crippen LogP contribution is -2.54. The van der Waals surface area contributed by atoms with Crippen molar-refractivity contribution in [2.45, 2.75) is 65.1 Å². The Bertz CT molecular complexity index is 878. The molecule has 0 aromatic heterocycles. The fourth-order valence-corrected chi connectivity index (χ4v) is 3.80. The summed E-state index contributed by atoms with van der Waals surface area (Å²) >= 11 is 1.21. The van der Waals surface area contributed by atoms with Crippen LogP contribution in [-0.2, 0) is 43.0 Å². The summed E-state index contributed by atoms with van der Waals surface area (Å²) in [5, 5.41) is 16.7.